The van der Waals surface area contributed by atoms with Crippen LogP contribution >= 0.6 is 0 Å². The molecule has 108 valence electrons. The van der Waals surface area contributed by atoms with Gasteiger partial charge in [0.1, 0.15) is 0 Å². The molecule has 0 aromatic carbocycles. The molecule has 0 radical (unpaired) electrons. The Morgan fingerprint density at radius 2 is 1.44 bits per heavy atom. The predicted octanol–water partition coefficient (Wildman–Crippen LogP) is 5.26. The van der Waals surface area contributed by atoms with E-state index in [1.807, 2.05) is 0 Å². The van der Waals surface area contributed by atoms with E-state index in [0.717, 1.165) is 24.7 Å². The summed E-state index contributed by atoms with van der Waals surface area (Å²) in [6.07, 6.45) is 11.4. The minimum absolute atomic E-state index is 0.338. The Morgan fingerprint density at radius 3 is 2.06 bits per heavy atom. The summed E-state index contributed by atoms with van der Waals surface area (Å²) in [5.41, 5.74) is 0. The highest BCUT2D eigenvalue weighted by molar-refractivity contribution is 5.66. The lowest BCUT2D eigenvalue weighted by atomic mass is 9.93. The Morgan fingerprint density at radius 1 is 0.889 bits per heavy atom. The smallest absolute Gasteiger partial charge is 0.303 e. The van der Waals surface area contributed by atoms with Gasteiger partial charge in [-0.3, -0.25) is 4.79 Å². The first-order valence-electron chi connectivity index (χ1n) is 7.78. The SMILES string of the molecule is CCC(C)CCCC(C)CCCCCCC(=O)O. The van der Waals surface area contributed by atoms with E-state index in [2.05, 4.69) is 20.8 Å². The topological polar surface area (TPSA) is 37.3 Å². The maximum absolute atomic E-state index is 10.3. The largest absolute Gasteiger partial charge is 0.481 e. The van der Waals surface area contributed by atoms with Crippen molar-refractivity contribution in [2.45, 2.75) is 85.0 Å². The Bertz CT molecular complexity index is 201. The van der Waals surface area contributed by atoms with Gasteiger partial charge >= 0.3 is 5.97 Å². The molecule has 0 aliphatic carbocycles. The summed E-state index contributed by atoms with van der Waals surface area (Å²) in [6, 6.07) is 0. The van der Waals surface area contributed by atoms with Crippen LogP contribution in [-0.4, -0.2) is 11.1 Å². The van der Waals surface area contributed by atoms with Gasteiger partial charge in [0.25, 0.3) is 0 Å². The van der Waals surface area contributed by atoms with Crippen molar-refractivity contribution < 1.29 is 9.90 Å². The van der Waals surface area contributed by atoms with Gasteiger partial charge in [0.15, 0.2) is 0 Å². The molecular weight excluding hydrogens is 224 g/mol. The molecule has 0 aliphatic heterocycles. The molecule has 0 rings (SSSR count). The number of carboxylic acid groups (broad SMARTS) is 1. The molecule has 0 aromatic heterocycles. The third-order valence-electron chi connectivity index (χ3n) is 3.93. The minimum atomic E-state index is -0.659. The van der Waals surface area contributed by atoms with Crippen molar-refractivity contribution in [1.82, 2.24) is 0 Å². The second-order valence-electron chi connectivity index (χ2n) is 5.90. The Labute approximate surface area is 113 Å². The number of unbranched alkanes of at least 4 members (excludes halogenated alkanes) is 3. The molecule has 2 heteroatoms. The second kappa shape index (κ2) is 11.6. The van der Waals surface area contributed by atoms with Crippen LogP contribution < -0.4 is 0 Å². The van der Waals surface area contributed by atoms with Crippen LogP contribution in [-0.2, 0) is 4.79 Å². The zero-order valence-corrected chi connectivity index (χ0v) is 12.6. The molecule has 0 heterocycles. The van der Waals surface area contributed by atoms with E-state index >= 15 is 0 Å². The third-order valence-corrected chi connectivity index (χ3v) is 3.93. The van der Waals surface area contributed by atoms with E-state index < -0.39 is 5.97 Å². The molecule has 0 aliphatic rings. The highest BCUT2D eigenvalue weighted by Gasteiger charge is 2.04. The second-order valence-corrected chi connectivity index (χ2v) is 5.90. The molecular formula is C16H32O2. The lowest BCUT2D eigenvalue weighted by Crippen LogP contribution is -1.98. The number of aliphatic carboxylic acids is 1. The lowest BCUT2D eigenvalue weighted by Gasteiger charge is -2.13. The fourth-order valence-electron chi connectivity index (χ4n) is 2.29. The average molecular weight is 256 g/mol. The number of carboxylic acids is 1. The maximum Gasteiger partial charge on any atom is 0.303 e. The van der Waals surface area contributed by atoms with Crippen LogP contribution in [0.25, 0.3) is 0 Å². The van der Waals surface area contributed by atoms with Crippen LogP contribution in [0.1, 0.15) is 85.0 Å². The molecule has 0 fully saturated rings. The number of carbonyl (C=O) groups is 1. The molecule has 0 aromatic rings. The average Bonchev–Trinajstić information content (AvgIpc) is 2.33. The fraction of sp³-hybridized carbons (Fsp3) is 0.938. The Hall–Kier alpha value is -0.530. The number of hydrogen-bond donors (Lipinski definition) is 1. The van der Waals surface area contributed by atoms with E-state index in [-0.39, 0.29) is 0 Å². The molecule has 2 atom stereocenters. The van der Waals surface area contributed by atoms with Crippen molar-refractivity contribution in [2.24, 2.45) is 11.8 Å². The molecule has 0 spiro atoms. The van der Waals surface area contributed by atoms with E-state index in [1.165, 1.54) is 44.9 Å². The van der Waals surface area contributed by atoms with Crippen molar-refractivity contribution >= 4 is 5.97 Å². The van der Waals surface area contributed by atoms with Crippen LogP contribution in [0.2, 0.25) is 0 Å². The summed E-state index contributed by atoms with van der Waals surface area (Å²) in [5, 5.41) is 8.52. The zero-order valence-electron chi connectivity index (χ0n) is 12.6. The first kappa shape index (κ1) is 17.5. The normalized spacial score (nSPS) is 14.4. The van der Waals surface area contributed by atoms with E-state index in [1.54, 1.807) is 0 Å². The molecule has 1 N–H and O–H groups in total. The van der Waals surface area contributed by atoms with E-state index in [0.29, 0.717) is 6.42 Å². The number of hydrogen-bond acceptors (Lipinski definition) is 1. The van der Waals surface area contributed by atoms with Gasteiger partial charge < -0.3 is 5.11 Å². The molecule has 0 saturated heterocycles. The summed E-state index contributed by atoms with van der Waals surface area (Å²) < 4.78 is 0. The van der Waals surface area contributed by atoms with Crippen molar-refractivity contribution in [2.75, 3.05) is 0 Å². The first-order chi connectivity index (χ1) is 8.56. The standard InChI is InChI=1S/C16H32O2/c1-4-14(2)11-9-12-15(3)10-7-5-6-8-13-16(17)18/h14-15H,4-13H2,1-3H3,(H,17,18). The quantitative estimate of drug-likeness (QED) is 0.483. The van der Waals surface area contributed by atoms with Gasteiger partial charge in [0.05, 0.1) is 0 Å². The van der Waals surface area contributed by atoms with Crippen LogP contribution in [0.5, 0.6) is 0 Å². The highest BCUT2D eigenvalue weighted by Crippen LogP contribution is 2.19. The third kappa shape index (κ3) is 11.9. The molecule has 2 nitrogen and oxygen atoms in total. The van der Waals surface area contributed by atoms with Crippen molar-refractivity contribution in [3.8, 4) is 0 Å². The predicted molar refractivity (Wildman–Crippen MR) is 77.8 cm³/mol. The Kier molecular flexibility index (Phi) is 11.2. The van der Waals surface area contributed by atoms with Gasteiger partial charge in [-0.2, -0.15) is 0 Å². The van der Waals surface area contributed by atoms with Gasteiger partial charge in [0.2, 0.25) is 0 Å². The summed E-state index contributed by atoms with van der Waals surface area (Å²) in [5.74, 6) is 1.06. The maximum atomic E-state index is 10.3. The first-order valence-corrected chi connectivity index (χ1v) is 7.78. The van der Waals surface area contributed by atoms with Crippen molar-refractivity contribution in [1.29, 1.82) is 0 Å². The molecule has 2 unspecified atom stereocenters. The zero-order chi connectivity index (χ0) is 13.8. The van der Waals surface area contributed by atoms with Gasteiger partial charge in [0, 0.05) is 6.42 Å². The van der Waals surface area contributed by atoms with Crippen LogP contribution in [0.3, 0.4) is 0 Å². The monoisotopic (exact) mass is 256 g/mol. The fourth-order valence-corrected chi connectivity index (χ4v) is 2.29. The van der Waals surface area contributed by atoms with Gasteiger partial charge in [-0.25, -0.2) is 0 Å². The van der Waals surface area contributed by atoms with Crippen LogP contribution in [0.4, 0.5) is 0 Å². The Balaban J connectivity index is 3.26. The minimum Gasteiger partial charge on any atom is -0.481 e. The molecule has 0 bridgehead atoms. The van der Waals surface area contributed by atoms with Crippen LogP contribution in [0.15, 0.2) is 0 Å². The molecule has 18 heavy (non-hydrogen) atoms. The van der Waals surface area contributed by atoms with E-state index in [4.69, 9.17) is 5.11 Å². The summed E-state index contributed by atoms with van der Waals surface area (Å²) in [7, 11) is 0. The number of rotatable bonds is 12. The summed E-state index contributed by atoms with van der Waals surface area (Å²) in [4.78, 5) is 10.3. The molecule has 0 saturated carbocycles. The highest BCUT2D eigenvalue weighted by atomic mass is 16.4. The van der Waals surface area contributed by atoms with E-state index in [9.17, 15) is 4.79 Å². The van der Waals surface area contributed by atoms with Crippen molar-refractivity contribution in [3.05, 3.63) is 0 Å². The van der Waals surface area contributed by atoms with Gasteiger partial charge in [-0.05, 0) is 18.3 Å². The summed E-state index contributed by atoms with van der Waals surface area (Å²) in [6.45, 7) is 6.96. The van der Waals surface area contributed by atoms with Gasteiger partial charge in [-0.15, -0.1) is 0 Å². The lowest BCUT2D eigenvalue weighted by molar-refractivity contribution is -0.137. The van der Waals surface area contributed by atoms with Gasteiger partial charge in [-0.1, -0.05) is 72.1 Å². The van der Waals surface area contributed by atoms with Crippen LogP contribution in [0, 0.1) is 11.8 Å². The summed E-state index contributed by atoms with van der Waals surface area (Å²) >= 11 is 0. The molecule has 0 amide bonds. The van der Waals surface area contributed by atoms with Crippen molar-refractivity contribution in [3.63, 3.8) is 0 Å².